The fourth-order valence-electron chi connectivity index (χ4n) is 2.27. The lowest BCUT2D eigenvalue weighted by atomic mass is 9.74. The molecule has 0 amide bonds. The zero-order valence-electron chi connectivity index (χ0n) is 14.2. The molecule has 0 radical (unpaired) electrons. The predicted octanol–water partition coefficient (Wildman–Crippen LogP) is 5.09. The van der Waals surface area contributed by atoms with Crippen LogP contribution >= 0.6 is 0 Å². The lowest BCUT2D eigenvalue weighted by Crippen LogP contribution is -2.41. The van der Waals surface area contributed by atoms with Gasteiger partial charge in [-0.3, -0.25) is 0 Å². The van der Waals surface area contributed by atoms with Gasteiger partial charge < -0.3 is 9.31 Å². The Morgan fingerprint density at radius 1 is 1.05 bits per heavy atom. The summed E-state index contributed by atoms with van der Waals surface area (Å²) >= 11 is 0. The molecule has 20 heavy (non-hydrogen) atoms. The van der Waals surface area contributed by atoms with Crippen LogP contribution in [0.5, 0.6) is 0 Å². The van der Waals surface area contributed by atoms with Gasteiger partial charge in [0, 0.05) is 0 Å². The summed E-state index contributed by atoms with van der Waals surface area (Å²) in [6.45, 7) is 16.7. The molecule has 0 aromatic heterocycles. The van der Waals surface area contributed by atoms with E-state index in [2.05, 4.69) is 47.3 Å². The van der Waals surface area contributed by atoms with Crippen LogP contribution in [-0.2, 0) is 9.31 Å². The van der Waals surface area contributed by atoms with Crippen LogP contribution < -0.4 is 0 Å². The first-order valence-electron chi connectivity index (χ1n) is 7.93. The molecule has 0 aromatic carbocycles. The van der Waals surface area contributed by atoms with E-state index in [1.807, 2.05) is 6.92 Å². The van der Waals surface area contributed by atoms with Gasteiger partial charge in [0.1, 0.15) is 0 Å². The van der Waals surface area contributed by atoms with Gasteiger partial charge in [-0.2, -0.15) is 0 Å². The first-order valence-corrected chi connectivity index (χ1v) is 7.93. The van der Waals surface area contributed by atoms with Crippen molar-refractivity contribution in [3.05, 3.63) is 23.7 Å². The van der Waals surface area contributed by atoms with Crippen molar-refractivity contribution in [1.29, 1.82) is 0 Å². The molecule has 3 heteroatoms. The van der Waals surface area contributed by atoms with Crippen molar-refractivity contribution in [2.75, 3.05) is 0 Å². The maximum Gasteiger partial charge on any atom is 0.494 e. The Morgan fingerprint density at radius 2 is 1.60 bits per heavy atom. The summed E-state index contributed by atoms with van der Waals surface area (Å²) in [5, 5.41) is 0. The fourth-order valence-corrected chi connectivity index (χ4v) is 2.27. The highest BCUT2D eigenvalue weighted by Crippen LogP contribution is 2.39. The molecule has 2 nitrogen and oxygen atoms in total. The number of rotatable bonds is 7. The molecule has 0 aliphatic carbocycles. The second kappa shape index (κ2) is 6.95. The normalized spacial score (nSPS) is 21.3. The van der Waals surface area contributed by atoms with Crippen LogP contribution in [0.2, 0.25) is 0 Å². The third-order valence-electron chi connectivity index (χ3n) is 4.42. The van der Waals surface area contributed by atoms with Gasteiger partial charge in [-0.15, -0.1) is 0 Å². The van der Waals surface area contributed by atoms with E-state index in [9.17, 15) is 0 Å². The van der Waals surface area contributed by atoms with Crippen LogP contribution in [-0.4, -0.2) is 18.3 Å². The predicted molar refractivity (Wildman–Crippen MR) is 87.7 cm³/mol. The Morgan fingerprint density at radius 3 is 2.05 bits per heavy atom. The zero-order chi connectivity index (χ0) is 15.4. The van der Waals surface area contributed by atoms with Crippen molar-refractivity contribution in [2.45, 2.75) is 84.8 Å². The SMILES string of the molecule is C=C(C)/C(=C\CCCCCC)B1OC(C)(C)C(C)(C)O1. The summed E-state index contributed by atoms with van der Waals surface area (Å²) in [5.74, 6) is 0. The number of hydrogen-bond donors (Lipinski definition) is 0. The smallest absolute Gasteiger partial charge is 0.399 e. The van der Waals surface area contributed by atoms with Crippen LogP contribution in [0.4, 0.5) is 0 Å². The minimum absolute atomic E-state index is 0.274. The van der Waals surface area contributed by atoms with Gasteiger partial charge in [0.25, 0.3) is 0 Å². The number of unbranched alkanes of at least 4 members (excludes halogenated alkanes) is 4. The quantitative estimate of drug-likeness (QED) is 0.367. The molecule has 0 spiro atoms. The van der Waals surface area contributed by atoms with Crippen molar-refractivity contribution in [3.8, 4) is 0 Å². The molecular formula is C17H31BO2. The van der Waals surface area contributed by atoms with E-state index in [1.165, 1.54) is 25.7 Å². The van der Waals surface area contributed by atoms with Crippen molar-refractivity contribution in [1.82, 2.24) is 0 Å². The van der Waals surface area contributed by atoms with Gasteiger partial charge in [0.05, 0.1) is 11.2 Å². The Bertz CT molecular complexity index is 353. The van der Waals surface area contributed by atoms with Gasteiger partial charge in [-0.05, 0) is 52.9 Å². The average molecular weight is 278 g/mol. The molecule has 1 rings (SSSR count). The van der Waals surface area contributed by atoms with E-state index in [1.54, 1.807) is 0 Å². The third kappa shape index (κ3) is 4.23. The summed E-state index contributed by atoms with van der Waals surface area (Å²) < 4.78 is 12.2. The van der Waals surface area contributed by atoms with E-state index >= 15 is 0 Å². The minimum atomic E-state index is -0.283. The third-order valence-corrected chi connectivity index (χ3v) is 4.42. The summed E-state index contributed by atoms with van der Waals surface area (Å²) in [5.41, 5.74) is 1.59. The first kappa shape index (κ1) is 17.5. The van der Waals surface area contributed by atoms with E-state index in [4.69, 9.17) is 9.31 Å². The summed E-state index contributed by atoms with van der Waals surface area (Å²) in [6.07, 6.45) is 8.43. The minimum Gasteiger partial charge on any atom is -0.399 e. The Hall–Kier alpha value is -0.535. The molecule has 0 saturated carbocycles. The van der Waals surface area contributed by atoms with E-state index in [0.717, 1.165) is 17.5 Å². The molecule has 1 saturated heterocycles. The van der Waals surface area contributed by atoms with Crippen LogP contribution in [0.15, 0.2) is 23.7 Å². The van der Waals surface area contributed by atoms with E-state index in [-0.39, 0.29) is 18.3 Å². The summed E-state index contributed by atoms with van der Waals surface area (Å²) in [4.78, 5) is 0. The Balaban J connectivity index is 2.69. The van der Waals surface area contributed by atoms with Gasteiger partial charge in [-0.1, -0.05) is 44.4 Å². The topological polar surface area (TPSA) is 18.5 Å². The number of allylic oxidation sites excluding steroid dienone is 3. The molecule has 114 valence electrons. The lowest BCUT2D eigenvalue weighted by molar-refractivity contribution is 0.00578. The second-order valence-electron chi connectivity index (χ2n) is 6.88. The monoisotopic (exact) mass is 278 g/mol. The fraction of sp³-hybridized carbons (Fsp3) is 0.765. The van der Waals surface area contributed by atoms with E-state index < -0.39 is 0 Å². The Kier molecular flexibility index (Phi) is 6.09. The van der Waals surface area contributed by atoms with Crippen LogP contribution in [0, 0.1) is 0 Å². The molecule has 0 N–H and O–H groups in total. The van der Waals surface area contributed by atoms with Gasteiger partial charge in [-0.25, -0.2) is 0 Å². The molecule has 1 aliphatic rings. The molecule has 1 heterocycles. The average Bonchev–Trinajstić information content (AvgIpc) is 2.52. The standard InChI is InChI=1S/C17H31BO2/c1-8-9-10-11-12-13-15(14(2)3)18-19-16(4,5)17(6,7)20-18/h13H,2,8-12H2,1,3-7H3/b15-13+. The first-order chi connectivity index (χ1) is 9.21. The second-order valence-corrected chi connectivity index (χ2v) is 6.88. The zero-order valence-corrected chi connectivity index (χ0v) is 14.2. The highest BCUT2D eigenvalue weighted by molar-refractivity contribution is 6.56. The molecule has 0 unspecified atom stereocenters. The summed E-state index contributed by atoms with van der Waals surface area (Å²) in [6, 6.07) is 0. The van der Waals surface area contributed by atoms with Crippen LogP contribution in [0.25, 0.3) is 0 Å². The van der Waals surface area contributed by atoms with Gasteiger partial charge in [0.2, 0.25) is 0 Å². The van der Waals surface area contributed by atoms with Crippen LogP contribution in [0.1, 0.15) is 73.6 Å². The molecule has 0 aromatic rings. The molecular weight excluding hydrogens is 247 g/mol. The maximum absolute atomic E-state index is 6.11. The highest BCUT2D eigenvalue weighted by atomic mass is 16.7. The number of hydrogen-bond acceptors (Lipinski definition) is 2. The van der Waals surface area contributed by atoms with Gasteiger partial charge >= 0.3 is 7.12 Å². The Labute approximate surface area is 125 Å². The van der Waals surface area contributed by atoms with Gasteiger partial charge in [0.15, 0.2) is 0 Å². The highest BCUT2D eigenvalue weighted by Gasteiger charge is 2.52. The van der Waals surface area contributed by atoms with Crippen molar-refractivity contribution >= 4 is 7.12 Å². The molecule has 0 atom stereocenters. The van der Waals surface area contributed by atoms with E-state index in [0.29, 0.717) is 0 Å². The molecule has 1 fully saturated rings. The molecule has 0 bridgehead atoms. The van der Waals surface area contributed by atoms with Crippen molar-refractivity contribution in [3.63, 3.8) is 0 Å². The largest absolute Gasteiger partial charge is 0.494 e. The van der Waals surface area contributed by atoms with Crippen molar-refractivity contribution < 1.29 is 9.31 Å². The van der Waals surface area contributed by atoms with Crippen LogP contribution in [0.3, 0.4) is 0 Å². The maximum atomic E-state index is 6.11. The summed E-state index contributed by atoms with van der Waals surface area (Å²) in [7, 11) is -0.274. The lowest BCUT2D eigenvalue weighted by Gasteiger charge is -2.32. The van der Waals surface area contributed by atoms with Crippen molar-refractivity contribution in [2.24, 2.45) is 0 Å². The molecule has 1 aliphatic heterocycles.